The second kappa shape index (κ2) is 8.34. The van der Waals surface area contributed by atoms with Crippen molar-refractivity contribution in [3.8, 4) is 0 Å². The Kier molecular flexibility index (Phi) is 5.46. The molecule has 0 spiro atoms. The summed E-state index contributed by atoms with van der Waals surface area (Å²) in [5, 5.41) is 3.34. The van der Waals surface area contributed by atoms with E-state index in [0.717, 1.165) is 48.0 Å². The molecular weight excluding hydrogens is 364 g/mol. The Morgan fingerprint density at radius 2 is 2.00 bits per heavy atom. The number of aromatic nitrogens is 4. The number of amides is 1. The lowest BCUT2D eigenvalue weighted by Gasteiger charge is -2.32. The highest BCUT2D eigenvalue weighted by atomic mass is 16.2. The van der Waals surface area contributed by atoms with Crippen molar-refractivity contribution in [3.63, 3.8) is 0 Å². The van der Waals surface area contributed by atoms with E-state index in [4.69, 9.17) is 4.98 Å². The van der Waals surface area contributed by atoms with E-state index in [1.165, 1.54) is 0 Å². The summed E-state index contributed by atoms with van der Waals surface area (Å²) in [6.45, 7) is 5.21. The Balaban J connectivity index is 1.52. The second-order valence-electron chi connectivity index (χ2n) is 7.40. The third kappa shape index (κ3) is 4.56. The van der Waals surface area contributed by atoms with Crippen LogP contribution in [0.25, 0.3) is 0 Å². The number of piperidine rings is 1. The molecule has 1 aliphatic heterocycles. The zero-order valence-electron chi connectivity index (χ0n) is 16.7. The van der Waals surface area contributed by atoms with Crippen molar-refractivity contribution in [2.75, 3.05) is 18.4 Å². The van der Waals surface area contributed by atoms with Crippen LogP contribution in [0.1, 0.15) is 46.3 Å². The number of likely N-dealkylation sites (tertiary alicyclic amines) is 1. The summed E-state index contributed by atoms with van der Waals surface area (Å²) in [5.41, 5.74) is 4.09. The first kappa shape index (κ1) is 19.0. The van der Waals surface area contributed by atoms with Crippen molar-refractivity contribution >= 4 is 17.4 Å². The van der Waals surface area contributed by atoms with E-state index in [-0.39, 0.29) is 11.8 Å². The van der Waals surface area contributed by atoms with E-state index >= 15 is 0 Å². The highest BCUT2D eigenvalue weighted by Gasteiger charge is 2.27. The monoisotopic (exact) mass is 388 g/mol. The van der Waals surface area contributed by atoms with Crippen molar-refractivity contribution in [3.05, 3.63) is 71.7 Å². The summed E-state index contributed by atoms with van der Waals surface area (Å²) in [4.78, 5) is 32.2. The van der Waals surface area contributed by atoms with Crippen LogP contribution in [-0.2, 0) is 0 Å². The zero-order valence-corrected chi connectivity index (χ0v) is 16.7. The molecule has 1 fully saturated rings. The fourth-order valence-corrected chi connectivity index (χ4v) is 3.63. The predicted molar refractivity (Wildman–Crippen MR) is 111 cm³/mol. The Labute approximate surface area is 170 Å². The maximum Gasteiger partial charge on any atom is 0.274 e. The van der Waals surface area contributed by atoms with Crippen LogP contribution in [0.15, 0.2) is 48.9 Å². The van der Waals surface area contributed by atoms with Crippen LogP contribution < -0.4 is 5.32 Å². The highest BCUT2D eigenvalue weighted by molar-refractivity contribution is 5.92. The fraction of sp³-hybridized carbons (Fsp3) is 0.318. The van der Waals surface area contributed by atoms with E-state index in [9.17, 15) is 4.79 Å². The van der Waals surface area contributed by atoms with E-state index in [2.05, 4.69) is 26.3 Å². The molecular formula is C22H24N6O. The number of carbonyl (C=O) groups excluding carboxylic acids is 1. The first-order chi connectivity index (χ1) is 14.1. The molecule has 3 aromatic rings. The molecule has 0 radical (unpaired) electrons. The van der Waals surface area contributed by atoms with Crippen LogP contribution >= 0.6 is 0 Å². The second-order valence-corrected chi connectivity index (χ2v) is 7.40. The summed E-state index contributed by atoms with van der Waals surface area (Å²) >= 11 is 0. The minimum absolute atomic E-state index is 0.0679. The average Bonchev–Trinajstić information content (AvgIpc) is 2.74. The highest BCUT2D eigenvalue weighted by Crippen LogP contribution is 2.29. The predicted octanol–water partition coefficient (Wildman–Crippen LogP) is 3.65. The maximum absolute atomic E-state index is 12.8. The van der Waals surface area contributed by atoms with Gasteiger partial charge in [0.15, 0.2) is 0 Å². The number of anilines is 2. The van der Waals surface area contributed by atoms with Crippen LogP contribution in [-0.4, -0.2) is 43.8 Å². The van der Waals surface area contributed by atoms with Gasteiger partial charge >= 0.3 is 0 Å². The van der Waals surface area contributed by atoms with Crippen molar-refractivity contribution in [2.45, 2.75) is 32.6 Å². The number of pyridine rings is 2. The lowest BCUT2D eigenvalue weighted by molar-refractivity contribution is 0.0699. The largest absolute Gasteiger partial charge is 0.340 e. The van der Waals surface area contributed by atoms with Gasteiger partial charge in [0.1, 0.15) is 11.5 Å². The first-order valence-corrected chi connectivity index (χ1v) is 9.83. The molecule has 0 aromatic carbocycles. The van der Waals surface area contributed by atoms with E-state index < -0.39 is 0 Å². The molecule has 0 aliphatic carbocycles. The summed E-state index contributed by atoms with van der Waals surface area (Å²) in [7, 11) is 0. The van der Waals surface area contributed by atoms with Crippen LogP contribution in [0.4, 0.5) is 11.5 Å². The molecule has 1 N–H and O–H groups in total. The van der Waals surface area contributed by atoms with Gasteiger partial charge in [-0.2, -0.15) is 0 Å². The van der Waals surface area contributed by atoms with Gasteiger partial charge in [0.25, 0.3) is 5.91 Å². The Morgan fingerprint density at radius 3 is 2.76 bits per heavy atom. The maximum atomic E-state index is 12.8. The molecule has 1 unspecified atom stereocenters. The third-order valence-electron chi connectivity index (χ3n) is 5.04. The smallest absolute Gasteiger partial charge is 0.274 e. The minimum Gasteiger partial charge on any atom is -0.340 e. The molecule has 7 heteroatoms. The van der Waals surface area contributed by atoms with E-state index in [1.54, 1.807) is 18.6 Å². The number of hydrogen-bond acceptors (Lipinski definition) is 6. The molecule has 29 heavy (non-hydrogen) atoms. The lowest BCUT2D eigenvalue weighted by atomic mass is 9.93. The fourth-order valence-electron chi connectivity index (χ4n) is 3.63. The molecule has 1 aliphatic rings. The molecule has 0 bridgehead atoms. The van der Waals surface area contributed by atoms with Crippen LogP contribution in [0.3, 0.4) is 0 Å². The molecule has 4 heterocycles. The normalized spacial score (nSPS) is 16.5. The summed E-state index contributed by atoms with van der Waals surface area (Å²) in [5.74, 6) is 0.916. The number of nitrogens with one attached hydrogen (secondary N) is 1. The van der Waals surface area contributed by atoms with Gasteiger partial charge in [-0.05, 0) is 51.0 Å². The standard InChI is InChI=1S/C22H24N6O/c1-15-10-18(27-21-7-3-4-8-23-21)11-19(26-15)17-6-5-9-28(14-17)22(29)20-13-24-16(2)12-25-20/h3-4,7-8,10-13,17H,5-6,9,14H2,1-2H3,(H,23,26,27). The molecule has 1 amide bonds. The lowest BCUT2D eigenvalue weighted by Crippen LogP contribution is -2.39. The van der Waals surface area contributed by atoms with Gasteiger partial charge in [-0.3, -0.25) is 14.8 Å². The Hall–Kier alpha value is -3.35. The Bertz CT molecular complexity index is 990. The van der Waals surface area contributed by atoms with Crippen LogP contribution in [0, 0.1) is 13.8 Å². The molecule has 1 saturated heterocycles. The van der Waals surface area contributed by atoms with Crippen molar-refractivity contribution in [1.29, 1.82) is 0 Å². The number of hydrogen-bond donors (Lipinski definition) is 1. The average molecular weight is 388 g/mol. The number of carbonyl (C=O) groups is 1. The summed E-state index contributed by atoms with van der Waals surface area (Å²) in [6.07, 6.45) is 6.89. The van der Waals surface area contributed by atoms with Crippen LogP contribution in [0.2, 0.25) is 0 Å². The summed E-state index contributed by atoms with van der Waals surface area (Å²) in [6, 6.07) is 9.83. The van der Waals surface area contributed by atoms with Crippen molar-refractivity contribution < 1.29 is 4.79 Å². The molecule has 1 atom stereocenters. The zero-order chi connectivity index (χ0) is 20.2. The van der Waals surface area contributed by atoms with Gasteiger partial charge in [-0.1, -0.05) is 6.07 Å². The van der Waals surface area contributed by atoms with E-state index in [0.29, 0.717) is 12.2 Å². The first-order valence-electron chi connectivity index (χ1n) is 9.83. The number of nitrogens with zero attached hydrogens (tertiary/aromatic N) is 5. The Morgan fingerprint density at radius 1 is 1.10 bits per heavy atom. The molecule has 4 rings (SSSR count). The van der Waals surface area contributed by atoms with E-state index in [1.807, 2.05) is 43.0 Å². The van der Waals surface area contributed by atoms with Crippen molar-refractivity contribution in [2.24, 2.45) is 0 Å². The van der Waals surface area contributed by atoms with Gasteiger partial charge in [-0.15, -0.1) is 0 Å². The van der Waals surface area contributed by atoms with Crippen LogP contribution in [0.5, 0.6) is 0 Å². The van der Waals surface area contributed by atoms with Crippen molar-refractivity contribution in [1.82, 2.24) is 24.8 Å². The summed E-state index contributed by atoms with van der Waals surface area (Å²) < 4.78 is 0. The molecule has 7 nitrogen and oxygen atoms in total. The SMILES string of the molecule is Cc1cnc(C(=O)N2CCCC(c3cc(Nc4ccccn4)cc(C)n3)C2)cn1. The van der Waals surface area contributed by atoms with Gasteiger partial charge in [0.2, 0.25) is 0 Å². The molecule has 148 valence electrons. The molecule has 0 saturated carbocycles. The third-order valence-corrected chi connectivity index (χ3v) is 5.04. The van der Waals surface area contributed by atoms with Gasteiger partial charge in [0.05, 0.1) is 11.9 Å². The van der Waals surface area contributed by atoms with Gasteiger partial charge < -0.3 is 10.2 Å². The minimum atomic E-state index is -0.0679. The quantitative estimate of drug-likeness (QED) is 0.734. The number of aryl methyl sites for hydroxylation is 2. The van der Waals surface area contributed by atoms with Gasteiger partial charge in [0, 0.05) is 48.5 Å². The van der Waals surface area contributed by atoms with Gasteiger partial charge in [-0.25, -0.2) is 9.97 Å². The molecule has 3 aromatic heterocycles. The topological polar surface area (TPSA) is 83.9 Å². The number of rotatable bonds is 4.